The van der Waals surface area contributed by atoms with Gasteiger partial charge in [-0.05, 0) is 75.6 Å². The van der Waals surface area contributed by atoms with Crippen LogP contribution in [0.5, 0.6) is 0 Å². The number of anilines is 1. The van der Waals surface area contributed by atoms with Crippen molar-refractivity contribution in [3.63, 3.8) is 0 Å². The Morgan fingerprint density at radius 3 is 2.57 bits per heavy atom. The second-order valence-electron chi connectivity index (χ2n) is 8.89. The minimum absolute atomic E-state index is 0. The van der Waals surface area contributed by atoms with Crippen molar-refractivity contribution in [3.8, 4) is 0 Å². The summed E-state index contributed by atoms with van der Waals surface area (Å²) in [6.45, 7) is 6.03. The number of benzene rings is 1. The lowest BCUT2D eigenvalue weighted by molar-refractivity contribution is 0.0796. The first kappa shape index (κ1) is 14.3. The van der Waals surface area contributed by atoms with Gasteiger partial charge in [0.1, 0.15) is 0 Å². The Balaban J connectivity index is 0.00000146. The summed E-state index contributed by atoms with van der Waals surface area (Å²) in [6.07, 6.45) is 10.3. The molecular weight excluding hydrogens is 280 g/mol. The molecule has 1 spiro atoms. The van der Waals surface area contributed by atoms with Gasteiger partial charge in [-0.2, -0.15) is 0 Å². The van der Waals surface area contributed by atoms with Crippen LogP contribution in [-0.4, -0.2) is 30.6 Å². The van der Waals surface area contributed by atoms with Gasteiger partial charge in [0.25, 0.3) is 0 Å². The quantitative estimate of drug-likeness (QED) is 0.816. The van der Waals surface area contributed by atoms with Gasteiger partial charge in [-0.25, -0.2) is 0 Å². The van der Waals surface area contributed by atoms with E-state index in [2.05, 4.69) is 35.3 Å². The molecule has 2 unspecified atom stereocenters. The molecule has 1 N–H and O–H groups in total. The van der Waals surface area contributed by atoms with Crippen molar-refractivity contribution in [2.45, 2.75) is 63.3 Å². The van der Waals surface area contributed by atoms with Crippen molar-refractivity contribution in [2.24, 2.45) is 11.8 Å². The van der Waals surface area contributed by atoms with Gasteiger partial charge in [0.05, 0.1) is 0 Å². The lowest BCUT2D eigenvalue weighted by Crippen LogP contribution is -2.49. The molecule has 1 aromatic carbocycles. The fourth-order valence-corrected chi connectivity index (χ4v) is 6.14. The van der Waals surface area contributed by atoms with Crippen LogP contribution >= 0.6 is 0 Å². The maximum absolute atomic E-state index is 3.69. The monoisotopic (exact) mass is 312 g/mol. The number of rotatable bonds is 1. The Morgan fingerprint density at radius 2 is 1.83 bits per heavy atom. The highest BCUT2D eigenvalue weighted by atomic mass is 15.2. The van der Waals surface area contributed by atoms with Crippen molar-refractivity contribution in [1.82, 2.24) is 4.90 Å². The minimum atomic E-state index is 0. The second kappa shape index (κ2) is 5.24. The van der Waals surface area contributed by atoms with E-state index in [1.54, 1.807) is 12.0 Å². The first-order chi connectivity index (χ1) is 11.2. The molecule has 2 aliphatic heterocycles. The van der Waals surface area contributed by atoms with E-state index in [0.29, 0.717) is 5.41 Å². The van der Waals surface area contributed by atoms with E-state index in [1.807, 2.05) is 0 Å². The molecule has 0 radical (unpaired) electrons. The van der Waals surface area contributed by atoms with Crippen LogP contribution in [0.4, 0.5) is 5.69 Å². The van der Waals surface area contributed by atoms with E-state index in [0.717, 1.165) is 24.4 Å². The standard InChI is InChI=1S/C21H30N2.H2/c1-15-2-5-20-19(10-15)21(14-22-20)6-8-23(9-7-21)18-12-16-3-4-17(11-16)13-18;/h2,5,10,16-18,22H,3-4,6-9,11-14H2,1H3;1H. The Hall–Kier alpha value is -1.02. The Labute approximate surface area is 142 Å². The summed E-state index contributed by atoms with van der Waals surface area (Å²) < 4.78 is 0. The molecule has 2 aliphatic carbocycles. The Kier molecular flexibility index (Phi) is 3.27. The number of aryl methyl sites for hydroxylation is 1. The van der Waals surface area contributed by atoms with Gasteiger partial charge in [0.2, 0.25) is 0 Å². The zero-order valence-electron chi connectivity index (χ0n) is 14.5. The van der Waals surface area contributed by atoms with Crippen LogP contribution in [0.15, 0.2) is 18.2 Å². The maximum Gasteiger partial charge on any atom is 0.0379 e. The average Bonchev–Trinajstić information content (AvgIpc) is 3.09. The van der Waals surface area contributed by atoms with Gasteiger partial charge in [-0.1, -0.05) is 30.5 Å². The van der Waals surface area contributed by atoms with Crippen molar-refractivity contribution < 1.29 is 1.43 Å². The third-order valence-corrected chi connectivity index (χ3v) is 7.50. The largest absolute Gasteiger partial charge is 0.384 e. The number of nitrogens with one attached hydrogen (secondary N) is 1. The molecular formula is C21H32N2. The molecule has 1 aromatic rings. The van der Waals surface area contributed by atoms with E-state index in [1.165, 1.54) is 62.9 Å². The van der Waals surface area contributed by atoms with Gasteiger partial charge >= 0.3 is 0 Å². The molecule has 2 atom stereocenters. The zero-order valence-corrected chi connectivity index (χ0v) is 14.5. The second-order valence-corrected chi connectivity index (χ2v) is 8.89. The highest BCUT2D eigenvalue weighted by molar-refractivity contribution is 5.61. The predicted molar refractivity (Wildman–Crippen MR) is 98.1 cm³/mol. The molecule has 2 bridgehead atoms. The summed E-state index contributed by atoms with van der Waals surface area (Å²) in [6, 6.07) is 7.90. The fourth-order valence-electron chi connectivity index (χ4n) is 6.14. The molecule has 4 aliphatic rings. The van der Waals surface area contributed by atoms with E-state index in [4.69, 9.17) is 0 Å². The van der Waals surface area contributed by atoms with Crippen LogP contribution in [0.1, 0.15) is 57.5 Å². The van der Waals surface area contributed by atoms with Crippen LogP contribution in [-0.2, 0) is 5.41 Å². The molecule has 0 amide bonds. The molecule has 2 heteroatoms. The molecule has 1 saturated heterocycles. The summed E-state index contributed by atoms with van der Waals surface area (Å²) >= 11 is 0. The van der Waals surface area contributed by atoms with Gasteiger partial charge < -0.3 is 10.2 Å². The number of nitrogens with zero attached hydrogens (tertiary/aromatic N) is 1. The molecule has 2 heterocycles. The third kappa shape index (κ3) is 2.33. The summed E-state index contributed by atoms with van der Waals surface area (Å²) in [7, 11) is 0. The molecule has 2 nitrogen and oxygen atoms in total. The SMILES string of the molecule is Cc1ccc2c(c1)C1(CCN(C3CC4CCC(C4)C3)CC1)CN2.[HH]. The number of fused-ring (bicyclic) bond motifs is 4. The van der Waals surface area contributed by atoms with Gasteiger partial charge in [-0.15, -0.1) is 0 Å². The van der Waals surface area contributed by atoms with Crippen LogP contribution in [0.2, 0.25) is 0 Å². The summed E-state index contributed by atoms with van der Waals surface area (Å²) in [5, 5.41) is 3.69. The molecule has 0 aromatic heterocycles. The number of hydrogen-bond acceptors (Lipinski definition) is 2. The van der Waals surface area contributed by atoms with Gasteiger partial charge in [0, 0.05) is 25.1 Å². The fraction of sp³-hybridized carbons (Fsp3) is 0.714. The van der Waals surface area contributed by atoms with E-state index in [9.17, 15) is 0 Å². The van der Waals surface area contributed by atoms with Crippen LogP contribution in [0.3, 0.4) is 0 Å². The topological polar surface area (TPSA) is 15.3 Å². The zero-order chi connectivity index (χ0) is 15.4. The van der Waals surface area contributed by atoms with Crippen LogP contribution in [0, 0.1) is 18.8 Å². The summed E-state index contributed by atoms with van der Waals surface area (Å²) in [5.41, 5.74) is 4.85. The van der Waals surface area contributed by atoms with Crippen molar-refractivity contribution in [1.29, 1.82) is 0 Å². The van der Waals surface area contributed by atoms with E-state index >= 15 is 0 Å². The Morgan fingerprint density at radius 1 is 1.09 bits per heavy atom. The molecule has 2 saturated carbocycles. The average molecular weight is 313 g/mol. The van der Waals surface area contributed by atoms with Crippen LogP contribution < -0.4 is 5.32 Å². The molecule has 23 heavy (non-hydrogen) atoms. The lowest BCUT2D eigenvalue weighted by atomic mass is 9.73. The molecule has 3 fully saturated rings. The minimum Gasteiger partial charge on any atom is -0.384 e. The van der Waals surface area contributed by atoms with Gasteiger partial charge in [0.15, 0.2) is 0 Å². The van der Waals surface area contributed by atoms with Crippen molar-refractivity contribution in [3.05, 3.63) is 29.3 Å². The Bertz CT molecular complexity index is 594. The third-order valence-electron chi connectivity index (χ3n) is 7.50. The predicted octanol–water partition coefficient (Wildman–Crippen LogP) is 4.58. The summed E-state index contributed by atoms with van der Waals surface area (Å²) in [5.74, 6) is 2.12. The summed E-state index contributed by atoms with van der Waals surface area (Å²) in [4.78, 5) is 2.86. The van der Waals surface area contributed by atoms with Crippen molar-refractivity contribution >= 4 is 5.69 Å². The maximum atomic E-state index is 3.69. The number of hydrogen-bond donors (Lipinski definition) is 1. The smallest absolute Gasteiger partial charge is 0.0379 e. The highest BCUT2D eigenvalue weighted by Gasteiger charge is 2.44. The lowest BCUT2D eigenvalue weighted by Gasteiger charge is -2.45. The van der Waals surface area contributed by atoms with E-state index < -0.39 is 0 Å². The normalized spacial score (nSPS) is 35.3. The first-order valence-electron chi connectivity index (χ1n) is 9.81. The molecule has 126 valence electrons. The number of piperidine rings is 1. The van der Waals surface area contributed by atoms with Crippen LogP contribution in [0.25, 0.3) is 0 Å². The first-order valence-corrected chi connectivity index (χ1v) is 9.81. The van der Waals surface area contributed by atoms with E-state index in [-0.39, 0.29) is 1.43 Å². The van der Waals surface area contributed by atoms with Crippen molar-refractivity contribution in [2.75, 3.05) is 25.0 Å². The highest BCUT2D eigenvalue weighted by Crippen LogP contribution is 2.47. The molecule has 5 rings (SSSR count). The van der Waals surface area contributed by atoms with Gasteiger partial charge in [-0.3, -0.25) is 0 Å². The number of likely N-dealkylation sites (tertiary alicyclic amines) is 1.